The first-order chi connectivity index (χ1) is 34.5. The van der Waals surface area contributed by atoms with Gasteiger partial charge in [0.05, 0.1) is 19.5 Å². The van der Waals surface area contributed by atoms with Crippen LogP contribution in [0, 0.1) is 0 Å². The summed E-state index contributed by atoms with van der Waals surface area (Å²) in [6.07, 6.45) is 8.99. The summed E-state index contributed by atoms with van der Waals surface area (Å²) in [5, 5.41) is 14.5. The third-order valence-corrected chi connectivity index (χ3v) is 18.2. The van der Waals surface area contributed by atoms with Crippen molar-refractivity contribution in [3.05, 3.63) is 119 Å². The van der Waals surface area contributed by atoms with Gasteiger partial charge in [-0.15, -0.1) is 9.88 Å². The van der Waals surface area contributed by atoms with Crippen LogP contribution in [-0.2, 0) is 45.9 Å². The van der Waals surface area contributed by atoms with Gasteiger partial charge in [0.2, 0.25) is 0 Å². The van der Waals surface area contributed by atoms with E-state index in [1.807, 2.05) is 157 Å². The van der Waals surface area contributed by atoms with Crippen molar-refractivity contribution in [2.75, 3.05) is 27.2 Å². The Kier molecular flexibility index (Phi) is 23.0. The summed E-state index contributed by atoms with van der Waals surface area (Å²) < 4.78 is 40.4. The number of hydrogen-bond acceptors (Lipinski definition) is 12. The lowest BCUT2D eigenvalue weighted by Gasteiger charge is -2.31. The number of hydrogen-bond donors (Lipinski definition) is 2. The lowest BCUT2D eigenvalue weighted by Crippen LogP contribution is -2.34. The maximum atomic E-state index is 12.2. The Balaban J connectivity index is 1.48. The number of amides is 2. The molecule has 0 saturated carbocycles. The molecule has 398 valence electrons. The van der Waals surface area contributed by atoms with Crippen LogP contribution in [0.2, 0.25) is 0 Å². The highest BCUT2D eigenvalue weighted by Gasteiger charge is 2.49. The molecule has 0 aromatic heterocycles. The molecule has 4 aromatic rings. The molecule has 2 atom stereocenters. The number of rotatable bonds is 27. The van der Waals surface area contributed by atoms with Crippen LogP contribution in [0.15, 0.2) is 107 Å². The molecule has 0 aliphatic carbocycles. The van der Waals surface area contributed by atoms with Gasteiger partial charge in [-0.05, 0) is 175 Å². The van der Waals surface area contributed by atoms with Crippen LogP contribution in [0.1, 0.15) is 137 Å². The van der Waals surface area contributed by atoms with E-state index in [1.165, 1.54) is 0 Å². The van der Waals surface area contributed by atoms with Gasteiger partial charge in [-0.3, -0.25) is 0 Å². The summed E-state index contributed by atoms with van der Waals surface area (Å²) in [5.41, 5.74) is 2.40. The molecule has 0 fully saturated rings. The molecular weight excluding hydrogens is 999 g/mol. The molecular formula is C55H79N6O8P2S2+. The molecule has 0 radical (unpaired) electrons. The van der Waals surface area contributed by atoms with Gasteiger partial charge >= 0.3 is 25.7 Å². The van der Waals surface area contributed by atoms with Crippen molar-refractivity contribution < 1.29 is 37.6 Å². The molecule has 0 heterocycles. The molecule has 14 nitrogen and oxygen atoms in total. The van der Waals surface area contributed by atoms with Crippen LogP contribution < -0.4 is 29.2 Å². The highest BCUT2D eigenvalue weighted by atomic mass is 32.5. The molecule has 73 heavy (non-hydrogen) atoms. The van der Waals surface area contributed by atoms with E-state index in [-0.39, 0.29) is 5.60 Å². The molecule has 0 spiro atoms. The topological polar surface area (TPSA) is 145 Å². The first-order valence-corrected chi connectivity index (χ1v) is 30.1. The van der Waals surface area contributed by atoms with Crippen molar-refractivity contribution in [3.63, 3.8) is 0 Å². The normalized spacial score (nSPS) is 13.2. The van der Waals surface area contributed by atoms with Crippen molar-refractivity contribution in [1.82, 2.24) is 20.2 Å². The Morgan fingerprint density at radius 2 is 1.00 bits per heavy atom. The SMILES string of the molecule is CCCC(CC)(Oc1ccc(/C=N/N(C)P(=S)(Oc2ccc(CCNC(=O)OC(C)(C)C)cc2)Oc2ccc(CCNC(=O)OC(C)(C)C)cc2)cc1)[P+](=S)N(C)/N=C/c1ccc(OC(CC)(CC)CC)cc1. The smallest absolute Gasteiger partial charge is 0.410 e. The van der Waals surface area contributed by atoms with E-state index in [9.17, 15) is 9.59 Å². The molecule has 2 unspecified atom stereocenters. The predicted octanol–water partition coefficient (Wildman–Crippen LogP) is 13.9. The van der Waals surface area contributed by atoms with Crippen LogP contribution in [-0.4, -0.2) is 83.5 Å². The number of nitrogens with one attached hydrogen (secondary N) is 2. The lowest BCUT2D eigenvalue weighted by molar-refractivity contribution is 0.0517. The number of benzene rings is 4. The van der Waals surface area contributed by atoms with Gasteiger partial charge in [-0.25, -0.2) is 14.4 Å². The van der Waals surface area contributed by atoms with Gasteiger partial charge < -0.3 is 38.6 Å². The molecule has 18 heteroatoms. The number of nitrogens with zero attached hydrogens (tertiary/aromatic N) is 4. The Morgan fingerprint density at radius 1 is 0.603 bits per heavy atom. The Bertz CT molecular complexity index is 2390. The fourth-order valence-electron chi connectivity index (χ4n) is 7.40. The fourth-order valence-corrected chi connectivity index (χ4v) is 11.7. The van der Waals surface area contributed by atoms with Gasteiger partial charge in [0.25, 0.3) is 5.34 Å². The van der Waals surface area contributed by atoms with Crippen LogP contribution in [0.25, 0.3) is 0 Å². The van der Waals surface area contributed by atoms with Crippen molar-refractivity contribution >= 4 is 61.7 Å². The molecule has 0 saturated heterocycles. The molecule has 4 aromatic carbocycles. The number of carbonyl (C=O) groups excluding carboxylic acids is 2. The molecule has 0 bridgehead atoms. The predicted molar refractivity (Wildman–Crippen MR) is 305 cm³/mol. The minimum Gasteiger partial charge on any atom is -0.487 e. The zero-order valence-corrected chi connectivity index (χ0v) is 48.7. The minimum absolute atomic E-state index is 0.155. The van der Waals surface area contributed by atoms with Crippen LogP contribution in [0.5, 0.6) is 23.0 Å². The second-order valence-corrected chi connectivity index (χ2v) is 25.9. The summed E-state index contributed by atoms with van der Waals surface area (Å²) in [6.45, 7) is 17.9. The Labute approximate surface area is 446 Å². The zero-order valence-electron chi connectivity index (χ0n) is 45.2. The fraction of sp³-hybridized carbons (Fsp3) is 0.491. The summed E-state index contributed by atoms with van der Waals surface area (Å²) >= 11 is 12.5. The highest BCUT2D eigenvalue weighted by Crippen LogP contribution is 2.52. The van der Waals surface area contributed by atoms with Gasteiger partial charge in [0, 0.05) is 44.8 Å². The van der Waals surface area contributed by atoms with Gasteiger partial charge in [0.15, 0.2) is 11.8 Å². The van der Waals surface area contributed by atoms with E-state index in [4.69, 9.17) is 61.8 Å². The second-order valence-electron chi connectivity index (χ2n) is 19.7. The molecule has 2 N–H and O–H groups in total. The van der Waals surface area contributed by atoms with Crippen molar-refractivity contribution in [1.29, 1.82) is 0 Å². The van der Waals surface area contributed by atoms with Gasteiger partial charge in [-0.2, -0.15) is 5.10 Å². The maximum absolute atomic E-state index is 12.2. The van der Waals surface area contributed by atoms with Crippen LogP contribution in [0.3, 0.4) is 0 Å². The minimum atomic E-state index is -3.37. The van der Waals surface area contributed by atoms with E-state index >= 15 is 0 Å². The van der Waals surface area contributed by atoms with Gasteiger partial charge in [-0.1, -0.05) is 58.9 Å². The maximum Gasteiger partial charge on any atom is 0.410 e. The average Bonchev–Trinajstić information content (AvgIpc) is 3.34. The average molecular weight is 1080 g/mol. The van der Waals surface area contributed by atoms with Crippen molar-refractivity contribution in [3.8, 4) is 23.0 Å². The van der Waals surface area contributed by atoms with Crippen molar-refractivity contribution in [2.24, 2.45) is 10.2 Å². The number of carbonyl (C=O) groups is 2. The second kappa shape index (κ2) is 27.9. The summed E-state index contributed by atoms with van der Waals surface area (Å²) in [4.78, 5) is 24.3. The molecule has 0 aliphatic heterocycles. The Hall–Kier alpha value is -5.27. The number of hydrazone groups is 2. The van der Waals surface area contributed by atoms with Crippen molar-refractivity contribution in [2.45, 2.75) is 150 Å². The lowest BCUT2D eigenvalue weighted by atomic mass is 9.94. The highest BCUT2D eigenvalue weighted by molar-refractivity contribution is 8.09. The summed E-state index contributed by atoms with van der Waals surface area (Å²) in [7, 11) is 3.65. The summed E-state index contributed by atoms with van der Waals surface area (Å²) in [6, 6.07) is 30.7. The van der Waals surface area contributed by atoms with Gasteiger partial charge in [0.1, 0.15) is 39.8 Å². The van der Waals surface area contributed by atoms with E-state index in [0.717, 1.165) is 60.1 Å². The first-order valence-electron chi connectivity index (χ1n) is 25.2. The monoisotopic (exact) mass is 1080 g/mol. The quantitative estimate of drug-likeness (QED) is 0.0333. The van der Waals surface area contributed by atoms with E-state index < -0.39 is 42.2 Å². The summed E-state index contributed by atoms with van der Waals surface area (Å²) in [5.74, 6) is 2.53. The van der Waals surface area contributed by atoms with E-state index in [1.54, 1.807) is 18.0 Å². The van der Waals surface area contributed by atoms with Crippen LogP contribution >= 0.6 is 13.5 Å². The Morgan fingerprint density at radius 3 is 1.38 bits per heavy atom. The largest absolute Gasteiger partial charge is 0.487 e. The van der Waals surface area contributed by atoms with Crippen LogP contribution in [0.4, 0.5) is 9.59 Å². The van der Waals surface area contributed by atoms with E-state index in [0.29, 0.717) is 49.6 Å². The number of ether oxygens (including phenoxy) is 4. The standard InChI is InChI=1S/C55H78N6O8P2S2/c1-14-37-55(18-5,70(72)60(12)58-40-44-23-27-46(28-24-44)64-54(15-2,16-3)17-4)65-47-29-25-45(26-30-47)41-59-61(13)71(73,68-48-31-19-42(20-32-48)35-38-56-50(62)66-52(6,7)8)69-49-33-21-43(22-34-49)36-39-57-51(63)67-53(9,10)11/h19-34,40-41H,14-18,35-39H2,1-13H3,(H-,56,57,62,63)/p+1/b58-40+,59-41+. The molecule has 4 rings (SSSR count). The third-order valence-electron chi connectivity index (χ3n) is 11.7. The molecule has 0 aliphatic rings. The third kappa shape index (κ3) is 19.8. The van der Waals surface area contributed by atoms with E-state index in [2.05, 4.69) is 45.3 Å². The zero-order chi connectivity index (χ0) is 53.9. The number of alkyl carbamates (subject to hydrolysis) is 2. The molecule has 2 amide bonds. The first kappa shape index (κ1) is 60.3.